The van der Waals surface area contributed by atoms with Gasteiger partial charge in [0.05, 0.1) is 0 Å². The van der Waals surface area contributed by atoms with Gasteiger partial charge in [0, 0.05) is 11.6 Å². The second-order valence-electron chi connectivity index (χ2n) is 4.13. The molecule has 0 aliphatic carbocycles. The minimum Gasteiger partial charge on any atom is -0.505 e. The molecule has 2 rings (SSSR count). The molecule has 0 amide bonds. The summed E-state index contributed by atoms with van der Waals surface area (Å²) in [6.45, 7) is 2.85. The lowest BCUT2D eigenvalue weighted by molar-refractivity contribution is 0.376. The molecule has 0 bridgehead atoms. The second kappa shape index (κ2) is 4.19. The van der Waals surface area contributed by atoms with Gasteiger partial charge in [-0.2, -0.15) is 0 Å². The van der Waals surface area contributed by atoms with Gasteiger partial charge in [-0.3, -0.25) is 0 Å². The molecular weight excluding hydrogens is 193 g/mol. The van der Waals surface area contributed by atoms with Crippen LogP contribution in [-0.4, -0.2) is 11.7 Å². The minimum atomic E-state index is -0.525. The van der Waals surface area contributed by atoms with Gasteiger partial charge in [0.1, 0.15) is 0 Å². The summed E-state index contributed by atoms with van der Waals surface area (Å²) in [6.07, 6.45) is 3.26. The van der Waals surface area contributed by atoms with Gasteiger partial charge in [-0.05, 0) is 37.9 Å². The van der Waals surface area contributed by atoms with Gasteiger partial charge >= 0.3 is 0 Å². The zero-order valence-electron chi connectivity index (χ0n) is 8.89. The average molecular weight is 209 g/mol. The van der Waals surface area contributed by atoms with E-state index in [1.807, 2.05) is 6.92 Å². The molecule has 1 aliphatic heterocycles. The molecule has 1 fully saturated rings. The Morgan fingerprint density at radius 3 is 2.87 bits per heavy atom. The Kier molecular flexibility index (Phi) is 2.91. The molecule has 0 unspecified atom stereocenters. The van der Waals surface area contributed by atoms with Gasteiger partial charge in [-0.15, -0.1) is 0 Å². The predicted molar refractivity (Wildman–Crippen MR) is 57.4 cm³/mol. The summed E-state index contributed by atoms with van der Waals surface area (Å²) in [4.78, 5) is 0. The van der Waals surface area contributed by atoms with Crippen molar-refractivity contribution in [2.45, 2.75) is 32.2 Å². The van der Waals surface area contributed by atoms with E-state index >= 15 is 0 Å². The van der Waals surface area contributed by atoms with Crippen LogP contribution in [-0.2, 0) is 0 Å². The zero-order valence-corrected chi connectivity index (χ0v) is 8.89. The Bertz CT molecular complexity index is 359. The number of hydrogen-bond acceptors (Lipinski definition) is 2. The standard InChI is InChI=1S/C12H16FNO/c1-8-5-6-9(13)12(15)11(8)10-4-2-3-7-14-10/h5-6,10,14-15H,2-4,7H2,1H3/t10-/m0/s1. The fourth-order valence-electron chi connectivity index (χ4n) is 2.22. The van der Waals surface area contributed by atoms with E-state index in [-0.39, 0.29) is 11.8 Å². The Morgan fingerprint density at radius 2 is 2.20 bits per heavy atom. The quantitative estimate of drug-likeness (QED) is 0.745. The lowest BCUT2D eigenvalue weighted by Gasteiger charge is -2.26. The van der Waals surface area contributed by atoms with E-state index in [1.165, 1.54) is 6.07 Å². The highest BCUT2D eigenvalue weighted by molar-refractivity contribution is 5.42. The molecule has 15 heavy (non-hydrogen) atoms. The molecule has 1 aromatic carbocycles. The fraction of sp³-hybridized carbons (Fsp3) is 0.500. The number of phenolic OH excluding ortho intramolecular Hbond substituents is 1. The lowest BCUT2D eigenvalue weighted by Crippen LogP contribution is -2.27. The minimum absolute atomic E-state index is 0.106. The van der Waals surface area contributed by atoms with Crippen LogP contribution in [0.3, 0.4) is 0 Å². The maximum Gasteiger partial charge on any atom is 0.165 e. The van der Waals surface area contributed by atoms with Crippen LogP contribution in [0.1, 0.15) is 36.4 Å². The van der Waals surface area contributed by atoms with Crippen LogP contribution < -0.4 is 5.32 Å². The van der Waals surface area contributed by atoms with E-state index in [0.717, 1.165) is 36.9 Å². The van der Waals surface area contributed by atoms with Gasteiger partial charge in [-0.1, -0.05) is 12.5 Å². The maximum atomic E-state index is 13.2. The molecule has 1 aromatic rings. The van der Waals surface area contributed by atoms with Crippen LogP contribution in [0.15, 0.2) is 12.1 Å². The van der Waals surface area contributed by atoms with E-state index in [0.29, 0.717) is 0 Å². The SMILES string of the molecule is Cc1ccc(F)c(O)c1[C@@H]1CCCCN1. The summed E-state index contributed by atoms with van der Waals surface area (Å²) < 4.78 is 13.2. The number of hydrogen-bond donors (Lipinski definition) is 2. The van der Waals surface area contributed by atoms with E-state index < -0.39 is 5.82 Å². The van der Waals surface area contributed by atoms with Crippen molar-refractivity contribution in [2.75, 3.05) is 6.54 Å². The van der Waals surface area contributed by atoms with Crippen LogP contribution in [0, 0.1) is 12.7 Å². The second-order valence-corrected chi connectivity index (χ2v) is 4.13. The monoisotopic (exact) mass is 209 g/mol. The number of aromatic hydroxyl groups is 1. The number of rotatable bonds is 1. The molecular formula is C12H16FNO. The molecule has 2 N–H and O–H groups in total. The van der Waals surface area contributed by atoms with Gasteiger partial charge in [-0.25, -0.2) is 4.39 Å². The molecule has 0 saturated carbocycles. The highest BCUT2D eigenvalue weighted by Gasteiger charge is 2.21. The van der Waals surface area contributed by atoms with Crippen molar-refractivity contribution in [3.8, 4) is 5.75 Å². The smallest absolute Gasteiger partial charge is 0.165 e. The maximum absolute atomic E-state index is 13.2. The van der Waals surface area contributed by atoms with E-state index in [9.17, 15) is 9.50 Å². The Balaban J connectivity index is 2.36. The fourth-order valence-corrected chi connectivity index (χ4v) is 2.22. The normalized spacial score (nSPS) is 21.6. The van der Waals surface area contributed by atoms with E-state index in [1.54, 1.807) is 6.07 Å². The first-order valence-corrected chi connectivity index (χ1v) is 5.41. The third-order valence-corrected chi connectivity index (χ3v) is 3.04. The van der Waals surface area contributed by atoms with Crippen molar-refractivity contribution >= 4 is 0 Å². The average Bonchev–Trinajstić information content (AvgIpc) is 2.26. The third-order valence-electron chi connectivity index (χ3n) is 3.04. The van der Waals surface area contributed by atoms with Crippen molar-refractivity contribution in [1.29, 1.82) is 0 Å². The van der Waals surface area contributed by atoms with Gasteiger partial charge in [0.25, 0.3) is 0 Å². The summed E-state index contributed by atoms with van der Waals surface area (Å²) in [5.41, 5.74) is 1.68. The van der Waals surface area contributed by atoms with E-state index in [4.69, 9.17) is 0 Å². The summed E-state index contributed by atoms with van der Waals surface area (Å²) in [5.74, 6) is -0.711. The number of phenols is 1. The van der Waals surface area contributed by atoms with Crippen LogP contribution in [0.2, 0.25) is 0 Å². The Hall–Kier alpha value is -1.09. The first kappa shape index (κ1) is 10.4. The number of halogens is 1. The van der Waals surface area contributed by atoms with Gasteiger partial charge in [0.15, 0.2) is 11.6 Å². The molecule has 1 saturated heterocycles. The van der Waals surface area contributed by atoms with Crippen LogP contribution in [0.25, 0.3) is 0 Å². The summed E-state index contributed by atoms with van der Waals surface area (Å²) in [7, 11) is 0. The highest BCUT2D eigenvalue weighted by Crippen LogP contribution is 2.34. The van der Waals surface area contributed by atoms with Crippen molar-refractivity contribution < 1.29 is 9.50 Å². The summed E-state index contributed by atoms with van der Waals surface area (Å²) in [6, 6.07) is 3.15. The predicted octanol–water partition coefficient (Wildman–Crippen LogP) is 2.65. The van der Waals surface area contributed by atoms with Crippen molar-refractivity contribution in [3.63, 3.8) is 0 Å². The summed E-state index contributed by atoms with van der Waals surface area (Å²) >= 11 is 0. The van der Waals surface area contributed by atoms with Crippen molar-refractivity contribution in [3.05, 3.63) is 29.1 Å². The van der Waals surface area contributed by atoms with E-state index in [2.05, 4.69) is 5.32 Å². The van der Waals surface area contributed by atoms with Crippen LogP contribution in [0.5, 0.6) is 5.75 Å². The Morgan fingerprint density at radius 1 is 1.40 bits per heavy atom. The molecule has 82 valence electrons. The first-order chi connectivity index (χ1) is 7.20. The van der Waals surface area contributed by atoms with Crippen molar-refractivity contribution in [2.24, 2.45) is 0 Å². The number of benzene rings is 1. The van der Waals surface area contributed by atoms with Crippen molar-refractivity contribution in [1.82, 2.24) is 5.32 Å². The number of piperidine rings is 1. The first-order valence-electron chi connectivity index (χ1n) is 5.41. The largest absolute Gasteiger partial charge is 0.505 e. The van der Waals surface area contributed by atoms with Gasteiger partial charge in [0.2, 0.25) is 0 Å². The summed E-state index contributed by atoms with van der Waals surface area (Å²) in [5, 5.41) is 13.0. The van der Waals surface area contributed by atoms with Crippen LogP contribution >= 0.6 is 0 Å². The Labute approximate surface area is 89.1 Å². The number of nitrogens with one attached hydrogen (secondary N) is 1. The van der Waals surface area contributed by atoms with Crippen LogP contribution in [0.4, 0.5) is 4.39 Å². The zero-order chi connectivity index (χ0) is 10.8. The molecule has 0 spiro atoms. The molecule has 1 heterocycles. The number of aryl methyl sites for hydroxylation is 1. The molecule has 3 heteroatoms. The third kappa shape index (κ3) is 1.97. The molecule has 0 aromatic heterocycles. The topological polar surface area (TPSA) is 32.3 Å². The molecule has 1 atom stereocenters. The molecule has 1 aliphatic rings. The lowest BCUT2D eigenvalue weighted by atomic mass is 9.93. The molecule has 0 radical (unpaired) electrons. The van der Waals surface area contributed by atoms with Gasteiger partial charge < -0.3 is 10.4 Å². The molecule has 2 nitrogen and oxygen atoms in total. The highest BCUT2D eigenvalue weighted by atomic mass is 19.1.